The van der Waals surface area contributed by atoms with Gasteiger partial charge in [-0.25, -0.2) is 0 Å². The molecule has 0 aromatic heterocycles. The standard InChI is InChI=1S/C10H11ClO/c1-10(2)6-7-5-8(11)3-4-9(7)12-10/h3-5H,6H2,1-2H3/i6D2. The molecule has 2 heteroatoms. The van der Waals surface area contributed by atoms with E-state index in [-0.39, 0.29) is 0 Å². The lowest BCUT2D eigenvalue weighted by Crippen LogP contribution is -2.24. The summed E-state index contributed by atoms with van der Waals surface area (Å²) in [5, 5.41) is 0.536. The van der Waals surface area contributed by atoms with Crippen molar-refractivity contribution in [3.05, 3.63) is 28.8 Å². The van der Waals surface area contributed by atoms with Crippen LogP contribution in [0.15, 0.2) is 18.2 Å². The summed E-state index contributed by atoms with van der Waals surface area (Å²) in [6, 6.07) is 5.05. The number of halogens is 1. The minimum absolute atomic E-state index is 0.536. The third-order valence-corrected chi connectivity index (χ3v) is 1.98. The third kappa shape index (κ3) is 1.29. The molecule has 0 unspecified atom stereocenters. The summed E-state index contributed by atoms with van der Waals surface area (Å²) in [6.45, 7) is 3.47. The van der Waals surface area contributed by atoms with Gasteiger partial charge >= 0.3 is 0 Å². The van der Waals surface area contributed by atoms with Crippen LogP contribution in [0.3, 0.4) is 0 Å². The van der Waals surface area contributed by atoms with Crippen molar-refractivity contribution in [1.29, 1.82) is 0 Å². The van der Waals surface area contributed by atoms with Crippen LogP contribution in [-0.4, -0.2) is 5.60 Å². The number of ether oxygens (including phenoxy) is 1. The number of benzene rings is 1. The van der Waals surface area contributed by atoms with Gasteiger partial charge in [0.25, 0.3) is 0 Å². The van der Waals surface area contributed by atoms with Crippen molar-refractivity contribution in [3.8, 4) is 5.75 Å². The Labute approximate surface area is 80.1 Å². The maximum atomic E-state index is 7.95. The van der Waals surface area contributed by atoms with Crippen molar-refractivity contribution in [2.45, 2.75) is 25.8 Å². The molecular formula is C10H11ClO. The van der Waals surface area contributed by atoms with E-state index in [4.69, 9.17) is 19.1 Å². The second-order valence-electron chi connectivity index (χ2n) is 3.38. The average Bonchev–Trinajstić information content (AvgIpc) is 2.22. The summed E-state index contributed by atoms with van der Waals surface area (Å²) < 4.78 is 21.4. The second kappa shape index (κ2) is 2.40. The Bertz CT molecular complexity index is 388. The lowest BCUT2D eigenvalue weighted by Gasteiger charge is -2.16. The first-order chi connectivity index (χ1) is 6.34. The van der Waals surface area contributed by atoms with E-state index >= 15 is 0 Å². The third-order valence-electron chi connectivity index (χ3n) is 1.74. The predicted octanol–water partition coefficient (Wildman–Crippen LogP) is 3.05. The van der Waals surface area contributed by atoms with Crippen LogP contribution in [0.25, 0.3) is 0 Å². The summed E-state index contributed by atoms with van der Waals surface area (Å²) in [4.78, 5) is 0. The molecule has 0 bridgehead atoms. The van der Waals surface area contributed by atoms with E-state index in [2.05, 4.69) is 0 Å². The second-order valence-corrected chi connectivity index (χ2v) is 3.81. The van der Waals surface area contributed by atoms with Gasteiger partial charge in [0.1, 0.15) is 11.4 Å². The van der Waals surface area contributed by atoms with Crippen LogP contribution in [0.4, 0.5) is 0 Å². The fraction of sp³-hybridized carbons (Fsp3) is 0.400. The van der Waals surface area contributed by atoms with Crippen molar-refractivity contribution in [1.82, 2.24) is 0 Å². The molecule has 1 aliphatic heterocycles. The molecule has 0 atom stereocenters. The molecule has 0 saturated carbocycles. The largest absolute Gasteiger partial charge is 0.487 e. The molecule has 0 radical (unpaired) electrons. The van der Waals surface area contributed by atoms with Crippen LogP contribution >= 0.6 is 11.6 Å². The molecule has 0 N–H and O–H groups in total. The van der Waals surface area contributed by atoms with Gasteiger partial charge in [-0.05, 0) is 37.6 Å². The zero-order valence-corrected chi connectivity index (χ0v) is 7.77. The van der Waals surface area contributed by atoms with Crippen molar-refractivity contribution in [2.24, 2.45) is 0 Å². The fourth-order valence-corrected chi connectivity index (χ4v) is 1.49. The average molecular weight is 185 g/mol. The molecule has 1 aromatic rings. The molecular weight excluding hydrogens is 172 g/mol. The number of hydrogen-bond acceptors (Lipinski definition) is 1. The Morgan fingerprint density at radius 1 is 1.58 bits per heavy atom. The van der Waals surface area contributed by atoms with E-state index in [1.54, 1.807) is 32.0 Å². The zero-order valence-electron chi connectivity index (χ0n) is 9.02. The highest BCUT2D eigenvalue weighted by Crippen LogP contribution is 2.35. The van der Waals surface area contributed by atoms with Crippen LogP contribution in [0.2, 0.25) is 5.02 Å². The Kier molecular flexibility index (Phi) is 1.17. The topological polar surface area (TPSA) is 9.23 Å². The number of hydrogen-bond donors (Lipinski definition) is 0. The summed E-state index contributed by atoms with van der Waals surface area (Å²) in [5.74, 6) is 0.587. The molecule has 0 saturated heterocycles. The van der Waals surface area contributed by atoms with E-state index in [1.807, 2.05) is 0 Å². The van der Waals surface area contributed by atoms with Gasteiger partial charge in [-0.15, -0.1) is 0 Å². The van der Waals surface area contributed by atoms with Gasteiger partial charge in [0.05, 0.1) is 0 Å². The first kappa shape index (κ1) is 5.87. The maximum absolute atomic E-state index is 7.95. The van der Waals surface area contributed by atoms with E-state index in [0.717, 1.165) is 0 Å². The lowest BCUT2D eigenvalue weighted by molar-refractivity contribution is 0.138. The fourth-order valence-electron chi connectivity index (χ4n) is 1.31. The maximum Gasteiger partial charge on any atom is 0.123 e. The Morgan fingerprint density at radius 3 is 3.08 bits per heavy atom. The molecule has 0 fully saturated rings. The Morgan fingerprint density at radius 2 is 2.33 bits per heavy atom. The summed E-state index contributed by atoms with van der Waals surface area (Å²) in [5.41, 5.74) is -0.296. The van der Waals surface area contributed by atoms with Crippen molar-refractivity contribution in [2.75, 3.05) is 0 Å². The Hall–Kier alpha value is -0.690. The lowest BCUT2D eigenvalue weighted by atomic mass is 10.0. The van der Waals surface area contributed by atoms with Gasteiger partial charge in [-0.3, -0.25) is 0 Å². The smallest absolute Gasteiger partial charge is 0.123 e. The highest BCUT2D eigenvalue weighted by atomic mass is 35.5. The molecule has 64 valence electrons. The van der Waals surface area contributed by atoms with E-state index in [0.29, 0.717) is 16.3 Å². The predicted molar refractivity (Wildman–Crippen MR) is 49.9 cm³/mol. The van der Waals surface area contributed by atoms with E-state index in [9.17, 15) is 0 Å². The molecule has 1 nitrogen and oxygen atoms in total. The molecule has 12 heavy (non-hydrogen) atoms. The first-order valence-corrected chi connectivity index (χ1v) is 4.21. The first-order valence-electron chi connectivity index (χ1n) is 4.84. The van der Waals surface area contributed by atoms with Gasteiger partial charge < -0.3 is 4.74 Å². The zero-order chi connectivity index (χ0) is 10.6. The number of rotatable bonds is 0. The summed E-state index contributed by atoms with van der Waals surface area (Å²) >= 11 is 5.82. The SMILES string of the molecule is [2H]C1([2H])c2cc(Cl)ccc2OC1(C)C. The van der Waals surface area contributed by atoms with E-state index < -0.39 is 12.0 Å². The van der Waals surface area contributed by atoms with Crippen LogP contribution in [0.5, 0.6) is 5.75 Å². The van der Waals surface area contributed by atoms with Gasteiger partial charge in [0.15, 0.2) is 0 Å². The van der Waals surface area contributed by atoms with Crippen molar-refractivity contribution < 1.29 is 7.48 Å². The molecule has 0 spiro atoms. The molecule has 0 aliphatic carbocycles. The van der Waals surface area contributed by atoms with Crippen LogP contribution in [0.1, 0.15) is 22.2 Å². The quantitative estimate of drug-likeness (QED) is 0.602. The van der Waals surface area contributed by atoms with Gasteiger partial charge in [0, 0.05) is 14.1 Å². The molecule has 2 rings (SSSR count). The van der Waals surface area contributed by atoms with Gasteiger partial charge in [-0.2, -0.15) is 0 Å². The number of fused-ring (bicyclic) bond motifs is 1. The summed E-state index contributed by atoms with van der Waals surface area (Å²) in [6.07, 6.45) is -1.49. The Balaban J connectivity index is 2.62. The van der Waals surface area contributed by atoms with Crippen LogP contribution in [-0.2, 0) is 6.37 Å². The highest BCUT2D eigenvalue weighted by Gasteiger charge is 2.29. The minimum atomic E-state index is -1.49. The molecule has 1 aliphatic rings. The monoisotopic (exact) mass is 184 g/mol. The molecule has 1 aromatic carbocycles. The molecule has 0 amide bonds. The van der Waals surface area contributed by atoms with Gasteiger partial charge in [0.2, 0.25) is 0 Å². The van der Waals surface area contributed by atoms with Gasteiger partial charge in [-0.1, -0.05) is 11.6 Å². The van der Waals surface area contributed by atoms with Crippen molar-refractivity contribution >= 4 is 11.6 Å². The van der Waals surface area contributed by atoms with Crippen LogP contribution < -0.4 is 4.74 Å². The van der Waals surface area contributed by atoms with Crippen LogP contribution in [0, 0.1) is 0 Å². The molecule has 1 heterocycles. The highest BCUT2D eigenvalue weighted by molar-refractivity contribution is 6.30. The summed E-state index contributed by atoms with van der Waals surface area (Å²) in [7, 11) is 0. The van der Waals surface area contributed by atoms with E-state index in [1.165, 1.54) is 0 Å². The van der Waals surface area contributed by atoms with Crippen molar-refractivity contribution in [3.63, 3.8) is 0 Å². The normalized spacial score (nSPS) is 25.2. The minimum Gasteiger partial charge on any atom is -0.487 e.